The Balaban J connectivity index is 2.60. The van der Waals surface area contributed by atoms with Crippen molar-refractivity contribution in [3.05, 3.63) is 33.1 Å². The molecule has 2 N–H and O–H groups in total. The molecule has 102 valence electrons. The van der Waals surface area contributed by atoms with Crippen molar-refractivity contribution in [1.29, 1.82) is 0 Å². The zero-order valence-electron chi connectivity index (χ0n) is 10.9. The Labute approximate surface area is 127 Å². The lowest BCUT2D eigenvalue weighted by Gasteiger charge is -2.11. The predicted molar refractivity (Wildman–Crippen MR) is 84.6 cm³/mol. The van der Waals surface area contributed by atoms with Gasteiger partial charge < -0.3 is 10.6 Å². The van der Waals surface area contributed by atoms with Crippen molar-refractivity contribution in [2.45, 2.75) is 13.0 Å². The fraction of sp³-hybridized carbons (Fsp3) is 0.308. The van der Waals surface area contributed by atoms with Crippen LogP contribution in [0.4, 0.5) is 5.13 Å². The standard InChI is InChI=1S/C13H15Cl2N3S/c1-7(16-2)12-11(18-13(17-3)19-12)8-5-4-6-9(14)10(8)15/h4-7,16H,1-3H3,(H,17,18). The van der Waals surface area contributed by atoms with E-state index in [9.17, 15) is 0 Å². The summed E-state index contributed by atoms with van der Waals surface area (Å²) in [4.78, 5) is 5.73. The van der Waals surface area contributed by atoms with E-state index in [0.717, 1.165) is 21.3 Å². The highest BCUT2D eigenvalue weighted by molar-refractivity contribution is 7.16. The number of thiazole rings is 1. The summed E-state index contributed by atoms with van der Waals surface area (Å²) in [6.45, 7) is 2.09. The van der Waals surface area contributed by atoms with Gasteiger partial charge in [0, 0.05) is 18.7 Å². The number of nitrogens with zero attached hydrogens (tertiary/aromatic N) is 1. The van der Waals surface area contributed by atoms with E-state index in [1.165, 1.54) is 0 Å². The van der Waals surface area contributed by atoms with E-state index in [2.05, 4.69) is 22.5 Å². The molecule has 0 radical (unpaired) electrons. The van der Waals surface area contributed by atoms with E-state index >= 15 is 0 Å². The molecule has 1 atom stereocenters. The molecule has 0 saturated heterocycles. The first-order valence-electron chi connectivity index (χ1n) is 5.88. The van der Waals surface area contributed by atoms with Gasteiger partial charge in [-0.05, 0) is 20.0 Å². The zero-order chi connectivity index (χ0) is 14.0. The first kappa shape index (κ1) is 14.6. The Hall–Kier alpha value is -0.810. The minimum atomic E-state index is 0.199. The molecule has 0 aliphatic rings. The molecule has 0 spiro atoms. The molecule has 0 fully saturated rings. The summed E-state index contributed by atoms with van der Waals surface area (Å²) in [5.41, 5.74) is 1.74. The minimum Gasteiger partial charge on any atom is -0.365 e. The van der Waals surface area contributed by atoms with Gasteiger partial charge in [-0.1, -0.05) is 46.7 Å². The average molecular weight is 316 g/mol. The van der Waals surface area contributed by atoms with Gasteiger partial charge in [0.25, 0.3) is 0 Å². The lowest BCUT2D eigenvalue weighted by atomic mass is 10.1. The lowest BCUT2D eigenvalue weighted by molar-refractivity contribution is 0.664. The van der Waals surface area contributed by atoms with Gasteiger partial charge in [0.05, 0.1) is 20.6 Å². The number of hydrogen-bond donors (Lipinski definition) is 2. The van der Waals surface area contributed by atoms with E-state index in [1.54, 1.807) is 17.4 Å². The van der Waals surface area contributed by atoms with Crippen LogP contribution in [0.5, 0.6) is 0 Å². The van der Waals surface area contributed by atoms with Crippen LogP contribution in [0, 0.1) is 0 Å². The highest BCUT2D eigenvalue weighted by atomic mass is 35.5. The summed E-state index contributed by atoms with van der Waals surface area (Å²) < 4.78 is 0. The van der Waals surface area contributed by atoms with Crippen LogP contribution < -0.4 is 10.6 Å². The van der Waals surface area contributed by atoms with E-state index in [0.29, 0.717) is 10.0 Å². The van der Waals surface area contributed by atoms with E-state index in [1.807, 2.05) is 26.2 Å². The third-order valence-corrected chi connectivity index (χ3v) is 4.97. The third-order valence-electron chi connectivity index (χ3n) is 2.90. The molecule has 0 amide bonds. The molecule has 2 rings (SSSR count). The summed E-state index contributed by atoms with van der Waals surface area (Å²) in [6.07, 6.45) is 0. The summed E-state index contributed by atoms with van der Waals surface area (Å²) in [5, 5.41) is 8.25. The Morgan fingerprint density at radius 1 is 1.26 bits per heavy atom. The van der Waals surface area contributed by atoms with Crippen molar-refractivity contribution in [1.82, 2.24) is 10.3 Å². The molecule has 1 aromatic heterocycles. The molecular formula is C13H15Cl2N3S. The Morgan fingerprint density at radius 3 is 2.63 bits per heavy atom. The minimum absolute atomic E-state index is 0.199. The van der Waals surface area contributed by atoms with Gasteiger partial charge in [0.2, 0.25) is 0 Å². The highest BCUT2D eigenvalue weighted by Crippen LogP contribution is 2.40. The number of anilines is 1. The smallest absolute Gasteiger partial charge is 0.183 e. The molecule has 1 aromatic carbocycles. The number of benzene rings is 1. The molecule has 0 aliphatic carbocycles. The van der Waals surface area contributed by atoms with Crippen molar-refractivity contribution < 1.29 is 0 Å². The number of nitrogens with one attached hydrogen (secondary N) is 2. The Morgan fingerprint density at radius 2 is 2.00 bits per heavy atom. The van der Waals surface area contributed by atoms with Gasteiger partial charge >= 0.3 is 0 Å². The van der Waals surface area contributed by atoms with E-state index in [-0.39, 0.29) is 6.04 Å². The molecule has 2 aromatic rings. The average Bonchev–Trinajstić information content (AvgIpc) is 2.85. The van der Waals surface area contributed by atoms with Crippen LogP contribution in [-0.4, -0.2) is 19.1 Å². The molecule has 3 nitrogen and oxygen atoms in total. The van der Waals surface area contributed by atoms with Crippen molar-refractivity contribution in [2.75, 3.05) is 19.4 Å². The van der Waals surface area contributed by atoms with Gasteiger partial charge in [-0.25, -0.2) is 4.98 Å². The van der Waals surface area contributed by atoms with Gasteiger partial charge in [0.1, 0.15) is 0 Å². The summed E-state index contributed by atoms with van der Waals surface area (Å²) >= 11 is 14.0. The maximum absolute atomic E-state index is 6.29. The fourth-order valence-corrected chi connectivity index (χ4v) is 3.13. The van der Waals surface area contributed by atoms with Crippen LogP contribution in [0.1, 0.15) is 17.8 Å². The predicted octanol–water partition coefficient (Wildman–Crippen LogP) is 4.44. The summed E-state index contributed by atoms with van der Waals surface area (Å²) in [7, 11) is 3.78. The molecule has 6 heteroatoms. The molecule has 1 unspecified atom stereocenters. The van der Waals surface area contributed by atoms with E-state index < -0.39 is 0 Å². The van der Waals surface area contributed by atoms with Crippen molar-refractivity contribution >= 4 is 39.7 Å². The van der Waals surface area contributed by atoms with Crippen LogP contribution in [0.2, 0.25) is 10.0 Å². The maximum atomic E-state index is 6.29. The van der Waals surface area contributed by atoms with Crippen LogP contribution in [-0.2, 0) is 0 Å². The second-order valence-corrected chi connectivity index (χ2v) is 5.91. The van der Waals surface area contributed by atoms with Crippen molar-refractivity contribution in [2.24, 2.45) is 0 Å². The van der Waals surface area contributed by atoms with Crippen LogP contribution in [0.15, 0.2) is 18.2 Å². The zero-order valence-corrected chi connectivity index (χ0v) is 13.2. The molecule has 0 aliphatic heterocycles. The molecule has 19 heavy (non-hydrogen) atoms. The van der Waals surface area contributed by atoms with Crippen LogP contribution in [0.25, 0.3) is 11.3 Å². The number of rotatable bonds is 4. The maximum Gasteiger partial charge on any atom is 0.183 e. The van der Waals surface area contributed by atoms with Gasteiger partial charge in [-0.15, -0.1) is 0 Å². The number of hydrogen-bond acceptors (Lipinski definition) is 4. The summed E-state index contributed by atoms with van der Waals surface area (Å²) in [5.74, 6) is 0. The van der Waals surface area contributed by atoms with Crippen LogP contribution in [0.3, 0.4) is 0 Å². The van der Waals surface area contributed by atoms with Gasteiger partial charge in [-0.2, -0.15) is 0 Å². The van der Waals surface area contributed by atoms with Gasteiger partial charge in [-0.3, -0.25) is 0 Å². The SMILES string of the molecule is CNc1nc(-c2cccc(Cl)c2Cl)c(C(C)NC)s1. The first-order chi connectivity index (χ1) is 9.08. The highest BCUT2D eigenvalue weighted by Gasteiger charge is 2.19. The van der Waals surface area contributed by atoms with E-state index in [4.69, 9.17) is 23.2 Å². The second-order valence-electron chi connectivity index (χ2n) is 4.09. The molecular weight excluding hydrogens is 301 g/mol. The van der Waals surface area contributed by atoms with Crippen LogP contribution >= 0.6 is 34.5 Å². The van der Waals surface area contributed by atoms with Gasteiger partial charge in [0.15, 0.2) is 5.13 Å². The monoisotopic (exact) mass is 315 g/mol. The summed E-state index contributed by atoms with van der Waals surface area (Å²) in [6, 6.07) is 5.80. The molecule has 1 heterocycles. The lowest BCUT2D eigenvalue weighted by Crippen LogP contribution is -2.11. The topological polar surface area (TPSA) is 37.0 Å². The van der Waals surface area contributed by atoms with Crippen molar-refractivity contribution in [3.8, 4) is 11.3 Å². The second kappa shape index (κ2) is 6.09. The van der Waals surface area contributed by atoms with Crippen molar-refractivity contribution in [3.63, 3.8) is 0 Å². The molecule has 0 bridgehead atoms. The first-order valence-corrected chi connectivity index (χ1v) is 7.45. The number of aromatic nitrogens is 1. The molecule has 0 saturated carbocycles. The number of halogens is 2. The Bertz CT molecular complexity index is 583. The normalized spacial score (nSPS) is 12.5. The quantitative estimate of drug-likeness (QED) is 0.875. The Kier molecular flexibility index (Phi) is 4.68. The largest absolute Gasteiger partial charge is 0.365 e. The third kappa shape index (κ3) is 2.87. The fourth-order valence-electron chi connectivity index (χ4n) is 1.74.